The zero-order valence-corrected chi connectivity index (χ0v) is 22.4. The van der Waals surface area contributed by atoms with Gasteiger partial charge in [0.15, 0.2) is 31.2 Å². The number of carbonyl (C=O) groups excluding carboxylic acids is 2. The molecule has 0 radical (unpaired) electrons. The molecule has 0 aromatic heterocycles. The van der Waals surface area contributed by atoms with Gasteiger partial charge in [-0.1, -0.05) is 30.3 Å². The number of sulfone groups is 2. The molecule has 3 aromatic carbocycles. The van der Waals surface area contributed by atoms with Gasteiger partial charge in [-0.15, -0.1) is 0 Å². The fourth-order valence-electron chi connectivity index (χ4n) is 4.20. The molecule has 0 spiro atoms. The molecular formula is C24H21NO10S3. The van der Waals surface area contributed by atoms with Crippen molar-refractivity contribution in [2.45, 2.75) is 16.7 Å². The summed E-state index contributed by atoms with van der Waals surface area (Å²) in [4.78, 5) is 26.5. The summed E-state index contributed by atoms with van der Waals surface area (Å²) < 4.78 is 84.6. The first kappa shape index (κ1) is 27.6. The lowest BCUT2D eigenvalue weighted by Gasteiger charge is -2.24. The zero-order chi connectivity index (χ0) is 28.0. The fourth-order valence-corrected chi connectivity index (χ4v) is 6.72. The lowest BCUT2D eigenvalue weighted by Crippen LogP contribution is -2.24. The van der Waals surface area contributed by atoms with Crippen molar-refractivity contribution in [1.29, 1.82) is 0 Å². The quantitative estimate of drug-likeness (QED) is 0.293. The summed E-state index contributed by atoms with van der Waals surface area (Å²) in [5.41, 5.74) is 0.434. The van der Waals surface area contributed by atoms with Crippen LogP contribution in [0, 0.1) is 6.92 Å². The molecule has 14 heteroatoms. The molecule has 0 unspecified atom stereocenters. The number of carbonyl (C=O) groups is 2. The first-order valence-corrected chi connectivity index (χ1v) is 15.8. The van der Waals surface area contributed by atoms with Crippen LogP contribution in [-0.2, 0) is 34.3 Å². The monoisotopic (exact) mass is 579 g/mol. The van der Waals surface area contributed by atoms with Gasteiger partial charge in [-0.2, -0.15) is 8.42 Å². The Balaban J connectivity index is 1.82. The highest BCUT2D eigenvalue weighted by Gasteiger charge is 2.35. The van der Waals surface area contributed by atoms with Gasteiger partial charge >= 0.3 is 10.4 Å². The van der Waals surface area contributed by atoms with E-state index < -0.39 is 54.0 Å². The van der Waals surface area contributed by atoms with Gasteiger partial charge in [-0.25, -0.2) is 21.0 Å². The predicted octanol–water partition coefficient (Wildman–Crippen LogP) is 2.51. The van der Waals surface area contributed by atoms with Crippen molar-refractivity contribution in [2.24, 2.45) is 0 Å². The van der Waals surface area contributed by atoms with Gasteiger partial charge in [0.2, 0.25) is 0 Å². The molecule has 1 aliphatic carbocycles. The Labute approximate surface area is 219 Å². The molecule has 0 fully saturated rings. The van der Waals surface area contributed by atoms with Crippen LogP contribution >= 0.6 is 0 Å². The lowest BCUT2D eigenvalue weighted by atomic mass is 9.81. The molecule has 11 nitrogen and oxygen atoms in total. The standard InChI is InChI=1S/C24H21NO10S3/c1-14-20(36(2,28)29)13-19(22-21(14)23(26)17-8-3-4-9-18(17)24(22)27)25-15-6-5-7-16(12-15)37(30,31)11-10-35-38(32,33)34/h3-9,12-13,25H,10-11H2,1-2H3,(H,32,33,34). The molecule has 0 saturated carbocycles. The van der Waals surface area contributed by atoms with Crippen LogP contribution in [0.1, 0.15) is 37.4 Å². The Morgan fingerprint density at radius 1 is 0.842 bits per heavy atom. The van der Waals surface area contributed by atoms with Gasteiger partial charge in [0, 0.05) is 28.6 Å². The van der Waals surface area contributed by atoms with Crippen molar-refractivity contribution in [3.8, 4) is 0 Å². The molecule has 4 rings (SSSR count). The molecular weight excluding hydrogens is 558 g/mol. The van der Waals surface area contributed by atoms with E-state index in [0.29, 0.717) is 0 Å². The molecule has 0 heterocycles. The van der Waals surface area contributed by atoms with E-state index in [1.165, 1.54) is 49.4 Å². The number of hydrogen-bond donors (Lipinski definition) is 2. The molecule has 2 N–H and O–H groups in total. The summed E-state index contributed by atoms with van der Waals surface area (Å²) in [6.45, 7) is 0.623. The van der Waals surface area contributed by atoms with E-state index in [4.69, 9.17) is 4.55 Å². The summed E-state index contributed by atoms with van der Waals surface area (Å²) in [5.74, 6) is -1.79. The maximum atomic E-state index is 13.5. The Morgan fingerprint density at radius 3 is 2.03 bits per heavy atom. The normalized spacial score (nSPS) is 13.7. The molecule has 0 amide bonds. The Morgan fingerprint density at radius 2 is 1.45 bits per heavy atom. The minimum Gasteiger partial charge on any atom is -0.355 e. The number of anilines is 2. The van der Waals surface area contributed by atoms with E-state index in [0.717, 1.165) is 6.26 Å². The molecule has 0 saturated heterocycles. The zero-order valence-electron chi connectivity index (χ0n) is 20.0. The molecule has 3 aromatic rings. The highest BCUT2D eigenvalue weighted by atomic mass is 32.3. The average molecular weight is 580 g/mol. The molecule has 38 heavy (non-hydrogen) atoms. The van der Waals surface area contributed by atoms with E-state index in [9.17, 15) is 34.8 Å². The molecule has 200 valence electrons. The summed E-state index contributed by atoms with van der Waals surface area (Å²) in [6.07, 6.45) is 0.969. The third-order valence-electron chi connectivity index (χ3n) is 5.87. The minimum atomic E-state index is -4.82. The Bertz CT molecular complexity index is 1830. The van der Waals surface area contributed by atoms with Crippen LogP contribution in [-0.4, -0.2) is 60.0 Å². The third kappa shape index (κ3) is 5.39. The molecule has 0 atom stereocenters. The van der Waals surface area contributed by atoms with Crippen LogP contribution in [0.2, 0.25) is 0 Å². The first-order valence-electron chi connectivity index (χ1n) is 10.9. The van der Waals surface area contributed by atoms with Crippen LogP contribution in [0.15, 0.2) is 64.4 Å². The maximum absolute atomic E-state index is 13.5. The maximum Gasteiger partial charge on any atom is 0.397 e. The minimum absolute atomic E-state index is 0.0110. The van der Waals surface area contributed by atoms with Crippen molar-refractivity contribution in [3.05, 3.63) is 82.4 Å². The molecule has 0 bridgehead atoms. The highest BCUT2D eigenvalue weighted by Crippen LogP contribution is 2.38. The third-order valence-corrected chi connectivity index (χ3v) is 9.23. The van der Waals surface area contributed by atoms with E-state index in [2.05, 4.69) is 9.50 Å². The average Bonchev–Trinajstić information content (AvgIpc) is 2.82. The van der Waals surface area contributed by atoms with Crippen LogP contribution in [0.5, 0.6) is 0 Å². The van der Waals surface area contributed by atoms with E-state index in [1.807, 2.05) is 0 Å². The van der Waals surface area contributed by atoms with Gasteiger partial charge in [0.1, 0.15) is 0 Å². The van der Waals surface area contributed by atoms with E-state index >= 15 is 0 Å². The molecule has 0 aliphatic heterocycles. The number of fused-ring (bicyclic) bond motifs is 2. The number of nitrogens with one attached hydrogen (secondary N) is 1. The number of hydrogen-bond acceptors (Lipinski definition) is 10. The second-order valence-corrected chi connectivity index (χ2v) is 13.7. The second-order valence-electron chi connectivity index (χ2n) is 8.49. The summed E-state index contributed by atoms with van der Waals surface area (Å²) in [6, 6.07) is 12.7. The van der Waals surface area contributed by atoms with E-state index in [-0.39, 0.29) is 49.0 Å². The highest BCUT2D eigenvalue weighted by molar-refractivity contribution is 7.91. The smallest absolute Gasteiger partial charge is 0.355 e. The van der Waals surface area contributed by atoms with Crippen LogP contribution < -0.4 is 5.32 Å². The number of benzene rings is 3. The van der Waals surface area contributed by atoms with Crippen molar-refractivity contribution < 1.29 is 43.6 Å². The van der Waals surface area contributed by atoms with Crippen LogP contribution in [0.4, 0.5) is 11.4 Å². The number of ketones is 2. The van der Waals surface area contributed by atoms with Gasteiger partial charge < -0.3 is 5.32 Å². The predicted molar refractivity (Wildman–Crippen MR) is 137 cm³/mol. The summed E-state index contributed by atoms with van der Waals surface area (Å²) >= 11 is 0. The van der Waals surface area contributed by atoms with Crippen molar-refractivity contribution >= 4 is 53.0 Å². The van der Waals surface area contributed by atoms with Gasteiger partial charge in [-0.3, -0.25) is 14.1 Å². The van der Waals surface area contributed by atoms with Crippen molar-refractivity contribution in [2.75, 3.05) is 23.9 Å². The second kappa shape index (κ2) is 9.71. The first-order chi connectivity index (χ1) is 17.6. The fraction of sp³-hybridized carbons (Fsp3) is 0.167. The van der Waals surface area contributed by atoms with E-state index in [1.54, 1.807) is 12.1 Å². The van der Waals surface area contributed by atoms with Gasteiger partial charge in [0.25, 0.3) is 0 Å². The van der Waals surface area contributed by atoms with Crippen LogP contribution in [0.25, 0.3) is 0 Å². The summed E-state index contributed by atoms with van der Waals surface area (Å²) in [5, 5.41) is 2.88. The van der Waals surface area contributed by atoms with Crippen molar-refractivity contribution in [1.82, 2.24) is 0 Å². The Hall–Kier alpha value is -3.43. The summed E-state index contributed by atoms with van der Waals surface area (Å²) in [7, 11) is -12.7. The number of rotatable bonds is 8. The Kier molecular flexibility index (Phi) is 7.05. The SMILES string of the molecule is Cc1c(S(C)(=O)=O)cc(Nc2cccc(S(=O)(=O)CCOS(=O)(=O)O)c2)c2c1C(=O)c1ccccc1C2=O. The lowest BCUT2D eigenvalue weighted by molar-refractivity contribution is 0.0979. The van der Waals surface area contributed by atoms with Crippen LogP contribution in [0.3, 0.4) is 0 Å². The molecule has 1 aliphatic rings. The topological polar surface area (TPSA) is 178 Å². The van der Waals surface area contributed by atoms with Crippen molar-refractivity contribution in [3.63, 3.8) is 0 Å². The van der Waals surface area contributed by atoms with Gasteiger partial charge in [0.05, 0.1) is 33.4 Å². The largest absolute Gasteiger partial charge is 0.397 e. The van der Waals surface area contributed by atoms with Gasteiger partial charge in [-0.05, 0) is 36.8 Å².